The van der Waals surface area contributed by atoms with E-state index in [1.54, 1.807) is 7.11 Å². The van der Waals surface area contributed by atoms with E-state index in [9.17, 15) is 0 Å². The zero-order valence-corrected chi connectivity index (χ0v) is 33.5. The average molecular weight is 711 g/mol. The van der Waals surface area contributed by atoms with Crippen LogP contribution in [0, 0.1) is 0 Å². The lowest BCUT2D eigenvalue weighted by Crippen LogP contribution is -2.78. The number of hydrogen-bond donors (Lipinski definition) is 0. The van der Waals surface area contributed by atoms with Gasteiger partial charge >= 0.3 is 34.2 Å². The van der Waals surface area contributed by atoms with E-state index in [0.29, 0.717) is 0 Å². The summed E-state index contributed by atoms with van der Waals surface area (Å²) in [7, 11) is -13.6. The molecule has 244 valence electrons. The van der Waals surface area contributed by atoms with Crippen LogP contribution < -0.4 is 25.9 Å². The minimum absolute atomic E-state index is 1.000. The molecule has 10 heteroatoms. The molecule has 5 rings (SSSR count). The molecule has 0 aliphatic carbocycles. The lowest BCUT2D eigenvalue weighted by Gasteiger charge is -2.47. The van der Waals surface area contributed by atoms with Crippen LogP contribution in [0.25, 0.3) is 0 Å². The molecule has 0 radical (unpaired) electrons. The van der Waals surface area contributed by atoms with Crippen LogP contribution in [-0.4, -0.2) is 49.7 Å². The zero-order valence-electron chi connectivity index (χ0n) is 28.5. The van der Waals surface area contributed by atoms with Crippen molar-refractivity contribution in [2.75, 3.05) is 7.11 Å². The molecule has 0 saturated carbocycles. The molecular weight excluding hydrogens is 665 g/mol. The molecule has 0 spiro atoms. The van der Waals surface area contributed by atoms with Gasteiger partial charge in [-0.1, -0.05) is 152 Å². The Morgan fingerprint density at radius 2 is 0.617 bits per heavy atom. The Morgan fingerprint density at radius 3 is 0.894 bits per heavy atom. The maximum absolute atomic E-state index is 7.90. The zero-order chi connectivity index (χ0) is 33.6. The summed E-state index contributed by atoms with van der Waals surface area (Å²) in [6, 6.07) is 52.1. The number of rotatable bonds is 14. The highest BCUT2D eigenvalue weighted by atomic mass is 28.5. The van der Waals surface area contributed by atoms with Crippen molar-refractivity contribution in [3.8, 4) is 0 Å². The Morgan fingerprint density at radius 1 is 0.340 bits per heavy atom. The Hall–Kier alpha value is -3.02. The summed E-state index contributed by atoms with van der Waals surface area (Å²) in [5.41, 5.74) is 0. The van der Waals surface area contributed by atoms with Gasteiger partial charge in [-0.3, -0.25) is 0 Å². The summed E-state index contributed by atoms with van der Waals surface area (Å²) in [5, 5.41) is 5.10. The molecule has 5 aromatic carbocycles. The lowest BCUT2D eigenvalue weighted by molar-refractivity contribution is 0.271. The van der Waals surface area contributed by atoms with Crippen molar-refractivity contribution in [1.82, 2.24) is 0 Å². The maximum Gasteiger partial charge on any atom is 0.389 e. The summed E-state index contributed by atoms with van der Waals surface area (Å²) in [5.74, 6) is 0. The second kappa shape index (κ2) is 14.6. The van der Waals surface area contributed by atoms with Gasteiger partial charge in [0.25, 0.3) is 0 Å². The van der Waals surface area contributed by atoms with Gasteiger partial charge in [0, 0.05) is 7.11 Å². The van der Waals surface area contributed by atoms with Gasteiger partial charge in [-0.25, -0.2) is 0 Å². The van der Waals surface area contributed by atoms with E-state index < -0.39 is 42.6 Å². The fourth-order valence-electron chi connectivity index (χ4n) is 5.72. The van der Waals surface area contributed by atoms with Crippen LogP contribution in [0.5, 0.6) is 0 Å². The molecule has 5 aromatic rings. The van der Waals surface area contributed by atoms with Crippen molar-refractivity contribution in [1.29, 1.82) is 0 Å². The molecule has 0 aromatic heterocycles. The molecule has 0 bridgehead atoms. The highest BCUT2D eigenvalue weighted by molar-refractivity contribution is 7.07. The molecule has 1 unspecified atom stereocenters. The first-order chi connectivity index (χ1) is 22.4. The molecule has 0 saturated heterocycles. The molecule has 47 heavy (non-hydrogen) atoms. The van der Waals surface area contributed by atoms with E-state index in [-0.39, 0.29) is 0 Å². The maximum atomic E-state index is 7.90. The van der Waals surface area contributed by atoms with Gasteiger partial charge < -0.3 is 20.9 Å². The van der Waals surface area contributed by atoms with Crippen molar-refractivity contribution < 1.29 is 20.9 Å². The van der Waals surface area contributed by atoms with E-state index in [1.807, 2.05) is 30.3 Å². The molecule has 0 amide bonds. The topological polar surface area (TPSA) is 46.2 Å². The van der Waals surface area contributed by atoms with Crippen LogP contribution in [0.15, 0.2) is 152 Å². The van der Waals surface area contributed by atoms with Crippen molar-refractivity contribution in [3.63, 3.8) is 0 Å². The predicted octanol–water partition coefficient (Wildman–Crippen LogP) is 5.73. The Bertz CT molecular complexity index is 1610. The van der Waals surface area contributed by atoms with Crippen LogP contribution >= 0.6 is 0 Å². The van der Waals surface area contributed by atoms with Crippen LogP contribution in [-0.2, 0) is 20.9 Å². The van der Waals surface area contributed by atoms with Gasteiger partial charge in [0.05, 0.1) is 0 Å². The largest absolute Gasteiger partial charge is 0.430 e. The van der Waals surface area contributed by atoms with Gasteiger partial charge in [0.1, 0.15) is 0 Å². The molecule has 0 fully saturated rings. The van der Waals surface area contributed by atoms with E-state index in [0.717, 1.165) is 25.9 Å². The van der Waals surface area contributed by atoms with Crippen molar-refractivity contribution in [2.24, 2.45) is 0 Å². The monoisotopic (exact) mass is 710 g/mol. The SMILES string of the molecule is CO[Si](C)(C)O[Si](O[Si](C)(O[Si](O[Si](C)(C)C)(c1ccccc1)c1ccccc1)c1ccccc1)(c1ccccc1)c1ccccc1. The quantitative estimate of drug-likeness (QED) is 0.138. The van der Waals surface area contributed by atoms with Crippen LogP contribution in [0.4, 0.5) is 0 Å². The van der Waals surface area contributed by atoms with Gasteiger partial charge in [-0.15, -0.1) is 0 Å². The summed E-state index contributed by atoms with van der Waals surface area (Å²) >= 11 is 0. The third-order valence-electron chi connectivity index (χ3n) is 7.92. The minimum Gasteiger partial charge on any atom is -0.430 e. The summed E-state index contributed by atoms with van der Waals surface area (Å²) in [6.45, 7) is 13.0. The molecule has 0 N–H and O–H groups in total. The summed E-state index contributed by atoms with van der Waals surface area (Å²) < 4.78 is 36.7. The van der Waals surface area contributed by atoms with Gasteiger partial charge in [-0.2, -0.15) is 0 Å². The Kier molecular flexibility index (Phi) is 11.0. The summed E-state index contributed by atoms with van der Waals surface area (Å²) in [4.78, 5) is 0. The smallest absolute Gasteiger partial charge is 0.389 e. The number of benzene rings is 5. The van der Waals surface area contributed by atoms with E-state index in [2.05, 4.69) is 161 Å². The van der Waals surface area contributed by atoms with Gasteiger partial charge in [-0.05, 0) is 65.2 Å². The van der Waals surface area contributed by atoms with Crippen LogP contribution in [0.3, 0.4) is 0 Å². The van der Waals surface area contributed by atoms with Crippen molar-refractivity contribution in [2.45, 2.75) is 39.3 Å². The highest BCUT2D eigenvalue weighted by Gasteiger charge is 2.58. The highest BCUT2D eigenvalue weighted by Crippen LogP contribution is 2.28. The third-order valence-corrected chi connectivity index (χ3v) is 26.8. The standard InChI is InChI=1S/C37H46O5Si5/c1-38-44(5,6)40-47(36-29-19-11-20-30-36,37-31-21-12-22-32-37)42-45(7,33-23-13-8-14-24-33)41-46(39-43(2,3)4,34-25-15-9-16-26-34)35-27-17-10-18-28-35/h8-32H,1-7H3. The molecule has 0 aliphatic rings. The fourth-order valence-corrected chi connectivity index (χ4v) is 27.0. The first-order valence-corrected chi connectivity index (χ1v) is 28.2. The molecule has 0 aliphatic heterocycles. The Balaban J connectivity index is 1.83. The Labute approximate surface area is 286 Å². The molecular formula is C37H46O5Si5. The van der Waals surface area contributed by atoms with Crippen molar-refractivity contribution >= 4 is 68.5 Å². The first-order valence-electron chi connectivity index (χ1n) is 16.0. The van der Waals surface area contributed by atoms with E-state index in [1.165, 1.54) is 0 Å². The lowest BCUT2D eigenvalue weighted by atomic mass is 10.4. The minimum atomic E-state index is -3.53. The second-order valence-electron chi connectivity index (χ2n) is 13.1. The van der Waals surface area contributed by atoms with Crippen LogP contribution in [0.2, 0.25) is 39.3 Å². The predicted molar refractivity (Wildman–Crippen MR) is 206 cm³/mol. The van der Waals surface area contributed by atoms with Crippen LogP contribution in [0.1, 0.15) is 0 Å². The van der Waals surface area contributed by atoms with Gasteiger partial charge in [0.15, 0.2) is 8.32 Å². The second-order valence-corrected chi connectivity index (χ2v) is 31.1. The summed E-state index contributed by atoms with van der Waals surface area (Å²) in [6.07, 6.45) is 0. The fraction of sp³-hybridized carbons (Fsp3) is 0.189. The van der Waals surface area contributed by atoms with Crippen molar-refractivity contribution in [3.05, 3.63) is 152 Å². The van der Waals surface area contributed by atoms with E-state index in [4.69, 9.17) is 20.9 Å². The molecule has 0 heterocycles. The first kappa shape index (κ1) is 35.3. The average Bonchev–Trinajstić information content (AvgIpc) is 3.09. The third kappa shape index (κ3) is 8.17. The number of hydrogen-bond acceptors (Lipinski definition) is 5. The normalized spacial score (nSPS) is 14.0. The van der Waals surface area contributed by atoms with Gasteiger partial charge in [0.2, 0.25) is 0 Å². The molecule has 1 atom stereocenters. The van der Waals surface area contributed by atoms with E-state index >= 15 is 0 Å². The molecule has 5 nitrogen and oxygen atoms in total.